The van der Waals surface area contributed by atoms with Crippen molar-refractivity contribution in [2.24, 2.45) is 7.05 Å². The third-order valence-electron chi connectivity index (χ3n) is 3.72. The van der Waals surface area contributed by atoms with E-state index < -0.39 is 0 Å². The summed E-state index contributed by atoms with van der Waals surface area (Å²) in [6.07, 6.45) is 4.78. The van der Waals surface area contributed by atoms with E-state index in [1.165, 1.54) is 0 Å². The van der Waals surface area contributed by atoms with E-state index in [-0.39, 0.29) is 17.9 Å². The minimum absolute atomic E-state index is 0.0391. The molecule has 0 spiro atoms. The van der Waals surface area contributed by atoms with Crippen LogP contribution in [0.25, 0.3) is 0 Å². The minimum Gasteiger partial charge on any atom is -0.344 e. The van der Waals surface area contributed by atoms with E-state index in [0.29, 0.717) is 31.0 Å². The normalized spacial score (nSPS) is 18.0. The Labute approximate surface area is 129 Å². The highest BCUT2D eigenvalue weighted by molar-refractivity contribution is 7.99. The molecule has 1 aliphatic rings. The SMILES string of the molecule is CCN(C)C(=O)[C@@H]1CSCN1C(=O)CCc1cnn(C)c1. The van der Waals surface area contributed by atoms with Gasteiger partial charge in [0, 0.05) is 39.0 Å². The lowest BCUT2D eigenvalue weighted by Gasteiger charge is -2.26. The van der Waals surface area contributed by atoms with Gasteiger partial charge in [0.1, 0.15) is 6.04 Å². The van der Waals surface area contributed by atoms with Crippen molar-refractivity contribution >= 4 is 23.6 Å². The van der Waals surface area contributed by atoms with Crippen molar-refractivity contribution in [2.45, 2.75) is 25.8 Å². The maximum atomic E-state index is 12.4. The Morgan fingerprint density at radius 1 is 1.52 bits per heavy atom. The molecule has 21 heavy (non-hydrogen) atoms. The molecule has 2 heterocycles. The maximum Gasteiger partial charge on any atom is 0.245 e. The number of amides is 2. The summed E-state index contributed by atoms with van der Waals surface area (Å²) in [4.78, 5) is 28.0. The van der Waals surface area contributed by atoms with Crippen LogP contribution in [-0.4, -0.2) is 62.7 Å². The van der Waals surface area contributed by atoms with Gasteiger partial charge in [-0.1, -0.05) is 0 Å². The first-order chi connectivity index (χ1) is 10.0. The first-order valence-electron chi connectivity index (χ1n) is 7.12. The monoisotopic (exact) mass is 310 g/mol. The molecule has 0 aromatic carbocycles. The molecular weight excluding hydrogens is 288 g/mol. The van der Waals surface area contributed by atoms with Crippen LogP contribution >= 0.6 is 11.8 Å². The Bertz CT molecular complexity index is 517. The van der Waals surface area contributed by atoms with Crippen molar-refractivity contribution in [3.8, 4) is 0 Å². The summed E-state index contributed by atoms with van der Waals surface area (Å²) in [5.74, 6) is 1.39. The lowest BCUT2D eigenvalue weighted by atomic mass is 10.1. The number of carbonyl (C=O) groups excluding carboxylic acids is 2. The number of aromatic nitrogens is 2. The van der Waals surface area contributed by atoms with Gasteiger partial charge in [-0.2, -0.15) is 5.10 Å². The fourth-order valence-corrected chi connectivity index (χ4v) is 3.47. The van der Waals surface area contributed by atoms with Crippen molar-refractivity contribution in [3.63, 3.8) is 0 Å². The maximum absolute atomic E-state index is 12.4. The number of nitrogens with zero attached hydrogens (tertiary/aromatic N) is 4. The van der Waals surface area contributed by atoms with Gasteiger partial charge in [0.2, 0.25) is 11.8 Å². The van der Waals surface area contributed by atoms with Gasteiger partial charge in [-0.25, -0.2) is 0 Å². The lowest BCUT2D eigenvalue weighted by molar-refractivity contribution is -0.142. The van der Waals surface area contributed by atoms with Crippen LogP contribution in [0, 0.1) is 0 Å². The summed E-state index contributed by atoms with van der Waals surface area (Å²) in [5.41, 5.74) is 1.05. The number of aryl methyl sites for hydroxylation is 2. The summed E-state index contributed by atoms with van der Waals surface area (Å²) in [7, 11) is 3.64. The second kappa shape index (κ2) is 6.98. The Hall–Kier alpha value is -1.50. The number of carbonyl (C=O) groups is 2. The van der Waals surface area contributed by atoms with Crippen LogP contribution in [0.4, 0.5) is 0 Å². The van der Waals surface area contributed by atoms with E-state index in [1.54, 1.807) is 39.5 Å². The highest BCUT2D eigenvalue weighted by Gasteiger charge is 2.35. The van der Waals surface area contributed by atoms with Crippen LogP contribution in [0.2, 0.25) is 0 Å². The van der Waals surface area contributed by atoms with Crippen molar-refractivity contribution in [1.82, 2.24) is 19.6 Å². The summed E-state index contributed by atoms with van der Waals surface area (Å²) in [6.45, 7) is 2.60. The highest BCUT2D eigenvalue weighted by atomic mass is 32.2. The Morgan fingerprint density at radius 3 is 2.90 bits per heavy atom. The standard InChI is InChI=1S/C14H22N4O2S/c1-4-16(2)14(20)12-9-21-10-18(12)13(19)6-5-11-7-15-17(3)8-11/h7-8,12H,4-6,9-10H2,1-3H3/t12-/m0/s1. The predicted octanol–water partition coefficient (Wildman–Crippen LogP) is 0.732. The van der Waals surface area contributed by atoms with E-state index in [1.807, 2.05) is 20.2 Å². The molecule has 7 heteroatoms. The van der Waals surface area contributed by atoms with Gasteiger partial charge in [0.15, 0.2) is 0 Å². The third-order valence-corrected chi connectivity index (χ3v) is 4.74. The fourth-order valence-electron chi connectivity index (χ4n) is 2.30. The first kappa shape index (κ1) is 15.9. The molecule has 0 aliphatic carbocycles. The zero-order valence-electron chi connectivity index (χ0n) is 12.8. The minimum atomic E-state index is -0.304. The number of hydrogen-bond donors (Lipinski definition) is 0. The highest BCUT2D eigenvalue weighted by Crippen LogP contribution is 2.23. The molecule has 1 aliphatic heterocycles. The van der Waals surface area contributed by atoms with E-state index >= 15 is 0 Å². The topological polar surface area (TPSA) is 58.4 Å². The van der Waals surface area contributed by atoms with Crippen LogP contribution in [0.1, 0.15) is 18.9 Å². The molecule has 0 bridgehead atoms. The van der Waals surface area contributed by atoms with E-state index in [0.717, 1.165) is 5.56 Å². The van der Waals surface area contributed by atoms with Gasteiger partial charge in [-0.3, -0.25) is 14.3 Å². The largest absolute Gasteiger partial charge is 0.344 e. The van der Waals surface area contributed by atoms with Crippen molar-refractivity contribution < 1.29 is 9.59 Å². The van der Waals surface area contributed by atoms with Gasteiger partial charge in [-0.05, 0) is 18.9 Å². The van der Waals surface area contributed by atoms with E-state index in [9.17, 15) is 9.59 Å². The molecule has 116 valence electrons. The summed E-state index contributed by atoms with van der Waals surface area (Å²) in [6, 6.07) is -0.304. The lowest BCUT2D eigenvalue weighted by Crippen LogP contribution is -2.47. The number of likely N-dealkylation sites (N-methyl/N-ethyl adjacent to an activating group) is 1. The van der Waals surface area contributed by atoms with Crippen molar-refractivity contribution in [3.05, 3.63) is 18.0 Å². The molecule has 2 amide bonds. The molecule has 6 nitrogen and oxygen atoms in total. The number of hydrogen-bond acceptors (Lipinski definition) is 4. The smallest absolute Gasteiger partial charge is 0.245 e. The van der Waals surface area contributed by atoms with Gasteiger partial charge in [0.05, 0.1) is 12.1 Å². The average Bonchev–Trinajstić information content (AvgIpc) is 3.11. The van der Waals surface area contributed by atoms with Gasteiger partial charge < -0.3 is 9.80 Å². The van der Waals surface area contributed by atoms with Crippen molar-refractivity contribution in [1.29, 1.82) is 0 Å². The first-order valence-corrected chi connectivity index (χ1v) is 8.28. The van der Waals surface area contributed by atoms with Crippen LogP contribution in [0.15, 0.2) is 12.4 Å². The molecule has 2 rings (SSSR count). The second-order valence-corrected chi connectivity index (χ2v) is 6.25. The number of rotatable bonds is 5. The van der Waals surface area contributed by atoms with Crippen LogP contribution in [0.5, 0.6) is 0 Å². The van der Waals surface area contributed by atoms with Crippen LogP contribution < -0.4 is 0 Å². The van der Waals surface area contributed by atoms with Gasteiger partial charge >= 0.3 is 0 Å². The molecule has 0 saturated carbocycles. The fraction of sp³-hybridized carbons (Fsp3) is 0.643. The molecule has 1 saturated heterocycles. The summed E-state index contributed by atoms with van der Waals surface area (Å²) < 4.78 is 1.73. The van der Waals surface area contributed by atoms with E-state index in [2.05, 4.69) is 5.10 Å². The summed E-state index contributed by atoms with van der Waals surface area (Å²) in [5, 5.41) is 4.10. The second-order valence-electron chi connectivity index (χ2n) is 5.25. The van der Waals surface area contributed by atoms with Crippen molar-refractivity contribution in [2.75, 3.05) is 25.2 Å². The summed E-state index contributed by atoms with van der Waals surface area (Å²) >= 11 is 1.64. The molecule has 0 radical (unpaired) electrons. The van der Waals surface area contributed by atoms with Gasteiger partial charge in [0.25, 0.3) is 0 Å². The molecule has 1 fully saturated rings. The molecule has 0 N–H and O–H groups in total. The van der Waals surface area contributed by atoms with E-state index in [4.69, 9.17) is 0 Å². The number of thioether (sulfide) groups is 1. The molecular formula is C14H22N4O2S. The third kappa shape index (κ3) is 3.78. The Morgan fingerprint density at radius 2 is 2.29 bits per heavy atom. The zero-order valence-corrected chi connectivity index (χ0v) is 13.6. The average molecular weight is 310 g/mol. The molecule has 1 aromatic heterocycles. The quantitative estimate of drug-likeness (QED) is 0.804. The molecule has 1 atom stereocenters. The predicted molar refractivity (Wildman–Crippen MR) is 82.8 cm³/mol. The zero-order chi connectivity index (χ0) is 15.4. The Kier molecular flexibility index (Phi) is 5.27. The van der Waals surface area contributed by atoms with Crippen LogP contribution in [0.3, 0.4) is 0 Å². The van der Waals surface area contributed by atoms with Gasteiger partial charge in [-0.15, -0.1) is 11.8 Å². The van der Waals surface area contributed by atoms with Crippen LogP contribution in [-0.2, 0) is 23.1 Å². The molecule has 0 unspecified atom stereocenters. The molecule has 1 aromatic rings. The Balaban J connectivity index is 1.92.